The molecule has 0 aromatic heterocycles. The molecule has 0 bridgehead atoms. The zero-order valence-corrected chi connectivity index (χ0v) is 13.4. The smallest absolute Gasteiger partial charge is 0.331 e. The number of allylic oxidation sites excluding steroid dienone is 5. The van der Waals surface area contributed by atoms with Gasteiger partial charge in [-0.2, -0.15) is 0 Å². The number of Topliss-reactive ketones (excluding diaryl/α,β-unsaturated/α-hetero) is 1. The first-order valence-corrected chi connectivity index (χ1v) is 6.79. The van der Waals surface area contributed by atoms with Crippen molar-refractivity contribution in [2.24, 2.45) is 10.8 Å². The number of carboxylic acid groups (broad SMARTS) is 1. The van der Waals surface area contributed by atoms with Crippen molar-refractivity contribution in [3.63, 3.8) is 0 Å². The van der Waals surface area contributed by atoms with Crippen LogP contribution in [0, 0.1) is 10.8 Å². The number of hydrogen-bond donors (Lipinski definition) is 1. The van der Waals surface area contributed by atoms with Gasteiger partial charge in [0.05, 0.1) is 0 Å². The SMILES string of the molecule is CC(C(=O)O)=C1C=C(C(C)(C)C)C(=O)C(C(C)(C)C)=C1. The number of aliphatic carboxylic acids is 1. The number of ketones is 1. The molecule has 0 saturated carbocycles. The lowest BCUT2D eigenvalue weighted by atomic mass is 9.71. The molecular weight excluding hydrogens is 252 g/mol. The van der Waals surface area contributed by atoms with E-state index in [1.54, 1.807) is 19.1 Å². The summed E-state index contributed by atoms with van der Waals surface area (Å²) >= 11 is 0. The topological polar surface area (TPSA) is 54.4 Å². The van der Waals surface area contributed by atoms with Gasteiger partial charge < -0.3 is 5.11 Å². The van der Waals surface area contributed by atoms with E-state index < -0.39 is 5.97 Å². The van der Waals surface area contributed by atoms with Crippen molar-refractivity contribution >= 4 is 11.8 Å². The molecule has 3 heteroatoms. The Hall–Kier alpha value is -1.64. The lowest BCUT2D eigenvalue weighted by Gasteiger charge is -2.31. The predicted molar refractivity (Wildman–Crippen MR) is 80.4 cm³/mol. The van der Waals surface area contributed by atoms with E-state index in [1.807, 2.05) is 41.5 Å². The summed E-state index contributed by atoms with van der Waals surface area (Å²) < 4.78 is 0. The fraction of sp³-hybridized carbons (Fsp3) is 0.529. The van der Waals surface area contributed by atoms with Crippen molar-refractivity contribution < 1.29 is 14.7 Å². The van der Waals surface area contributed by atoms with Crippen LogP contribution in [0.15, 0.2) is 34.4 Å². The van der Waals surface area contributed by atoms with Gasteiger partial charge in [-0.05, 0) is 35.5 Å². The highest BCUT2D eigenvalue weighted by atomic mass is 16.4. The summed E-state index contributed by atoms with van der Waals surface area (Å²) in [6.45, 7) is 13.4. The highest BCUT2D eigenvalue weighted by Gasteiger charge is 2.34. The van der Waals surface area contributed by atoms with Crippen LogP contribution in [0.3, 0.4) is 0 Å². The summed E-state index contributed by atoms with van der Waals surface area (Å²) in [5, 5.41) is 9.18. The molecule has 20 heavy (non-hydrogen) atoms. The molecule has 0 atom stereocenters. The van der Waals surface area contributed by atoms with Crippen LogP contribution in [-0.4, -0.2) is 16.9 Å². The molecule has 3 nitrogen and oxygen atoms in total. The number of rotatable bonds is 1. The van der Waals surface area contributed by atoms with Gasteiger partial charge in [0.15, 0.2) is 5.78 Å². The Balaban J connectivity index is 3.58. The number of carbonyl (C=O) groups excluding carboxylic acids is 1. The number of carbonyl (C=O) groups is 2. The van der Waals surface area contributed by atoms with Crippen LogP contribution in [0.2, 0.25) is 0 Å². The van der Waals surface area contributed by atoms with Gasteiger partial charge in [-0.25, -0.2) is 4.79 Å². The van der Waals surface area contributed by atoms with E-state index in [0.29, 0.717) is 16.7 Å². The zero-order valence-electron chi connectivity index (χ0n) is 13.4. The summed E-state index contributed by atoms with van der Waals surface area (Å²) in [7, 11) is 0. The van der Waals surface area contributed by atoms with E-state index in [0.717, 1.165) is 0 Å². The van der Waals surface area contributed by atoms with Crippen LogP contribution in [0.5, 0.6) is 0 Å². The van der Waals surface area contributed by atoms with Gasteiger partial charge in [-0.15, -0.1) is 0 Å². The lowest BCUT2D eigenvalue weighted by Crippen LogP contribution is -2.28. The van der Waals surface area contributed by atoms with E-state index in [4.69, 9.17) is 0 Å². The Bertz CT molecular complexity index is 508. The maximum atomic E-state index is 12.7. The van der Waals surface area contributed by atoms with Crippen LogP contribution >= 0.6 is 0 Å². The summed E-state index contributed by atoms with van der Waals surface area (Å²) in [5.41, 5.74) is 1.59. The molecule has 0 saturated heterocycles. The van der Waals surface area contributed by atoms with Gasteiger partial charge in [0.1, 0.15) is 0 Å². The largest absolute Gasteiger partial charge is 0.478 e. The molecule has 1 rings (SSSR count). The molecule has 1 aliphatic rings. The van der Waals surface area contributed by atoms with Crippen LogP contribution in [-0.2, 0) is 9.59 Å². The second-order valence-corrected chi connectivity index (χ2v) is 7.33. The molecule has 0 heterocycles. The van der Waals surface area contributed by atoms with Gasteiger partial charge >= 0.3 is 5.97 Å². The summed E-state index contributed by atoms with van der Waals surface area (Å²) in [5.74, 6) is -0.935. The molecule has 0 amide bonds. The van der Waals surface area contributed by atoms with E-state index in [9.17, 15) is 14.7 Å². The first kappa shape index (κ1) is 16.4. The van der Waals surface area contributed by atoms with Gasteiger partial charge in [0.2, 0.25) is 0 Å². The molecule has 1 aliphatic carbocycles. The molecule has 0 aliphatic heterocycles. The zero-order chi connectivity index (χ0) is 15.9. The van der Waals surface area contributed by atoms with E-state index in [1.165, 1.54) is 0 Å². The van der Waals surface area contributed by atoms with Crippen molar-refractivity contribution in [2.45, 2.75) is 48.5 Å². The molecule has 1 N–H and O–H groups in total. The molecule has 0 unspecified atom stereocenters. The third-order valence-electron chi connectivity index (χ3n) is 3.46. The van der Waals surface area contributed by atoms with Crippen molar-refractivity contribution in [3.05, 3.63) is 34.4 Å². The highest BCUT2D eigenvalue weighted by Crippen LogP contribution is 2.39. The lowest BCUT2D eigenvalue weighted by molar-refractivity contribution is -0.132. The highest BCUT2D eigenvalue weighted by molar-refractivity contribution is 6.12. The Kier molecular flexibility index (Phi) is 4.14. The van der Waals surface area contributed by atoms with Crippen molar-refractivity contribution in [1.29, 1.82) is 0 Å². The summed E-state index contributed by atoms with van der Waals surface area (Å²) in [6, 6.07) is 0. The third-order valence-corrected chi connectivity index (χ3v) is 3.46. The average molecular weight is 276 g/mol. The molecule has 0 aromatic rings. The molecule has 0 spiro atoms. The Labute approximate surface area is 121 Å². The molecule has 0 fully saturated rings. The predicted octanol–water partition coefficient (Wildman–Crippen LogP) is 3.92. The maximum Gasteiger partial charge on any atom is 0.331 e. The second-order valence-electron chi connectivity index (χ2n) is 7.33. The van der Waals surface area contributed by atoms with Crippen LogP contribution in [0.25, 0.3) is 0 Å². The molecular formula is C17H24O3. The quantitative estimate of drug-likeness (QED) is 0.739. The van der Waals surface area contributed by atoms with Crippen LogP contribution < -0.4 is 0 Å². The average Bonchev–Trinajstić information content (AvgIpc) is 2.24. The third kappa shape index (κ3) is 3.27. The number of carboxylic acids is 1. The van der Waals surface area contributed by atoms with Crippen molar-refractivity contribution in [1.82, 2.24) is 0 Å². The fourth-order valence-corrected chi connectivity index (χ4v) is 2.08. The van der Waals surface area contributed by atoms with E-state index >= 15 is 0 Å². The van der Waals surface area contributed by atoms with Crippen LogP contribution in [0.4, 0.5) is 0 Å². The Morgan fingerprint density at radius 3 is 1.55 bits per heavy atom. The minimum absolute atomic E-state index is 0.0203. The molecule has 0 aromatic carbocycles. The molecule has 110 valence electrons. The van der Waals surface area contributed by atoms with Gasteiger partial charge in [0.25, 0.3) is 0 Å². The van der Waals surface area contributed by atoms with E-state index in [-0.39, 0.29) is 22.2 Å². The maximum absolute atomic E-state index is 12.7. The second kappa shape index (κ2) is 5.04. The minimum Gasteiger partial charge on any atom is -0.478 e. The normalized spacial score (nSPS) is 16.8. The van der Waals surface area contributed by atoms with E-state index in [2.05, 4.69) is 0 Å². The summed E-state index contributed by atoms with van der Waals surface area (Å²) in [4.78, 5) is 23.8. The monoisotopic (exact) mass is 276 g/mol. The first-order chi connectivity index (χ1) is 8.85. The Morgan fingerprint density at radius 1 is 0.950 bits per heavy atom. The standard InChI is InChI=1S/C17H24O3/c1-10(15(19)20)11-8-12(16(2,3)4)14(18)13(9-11)17(5,6)7/h8-9H,1-7H3,(H,19,20). The van der Waals surface area contributed by atoms with Crippen molar-refractivity contribution in [2.75, 3.05) is 0 Å². The fourth-order valence-electron chi connectivity index (χ4n) is 2.08. The van der Waals surface area contributed by atoms with Gasteiger partial charge in [-0.3, -0.25) is 4.79 Å². The first-order valence-electron chi connectivity index (χ1n) is 6.79. The Morgan fingerprint density at radius 2 is 1.30 bits per heavy atom. The van der Waals surface area contributed by atoms with Crippen LogP contribution in [0.1, 0.15) is 48.5 Å². The summed E-state index contributed by atoms with van der Waals surface area (Å²) in [6.07, 6.45) is 3.45. The van der Waals surface area contributed by atoms with Gasteiger partial charge in [-0.1, -0.05) is 41.5 Å². The minimum atomic E-state index is -0.955. The molecule has 0 radical (unpaired) electrons. The van der Waals surface area contributed by atoms with Crippen molar-refractivity contribution in [3.8, 4) is 0 Å². The van der Waals surface area contributed by atoms with Gasteiger partial charge in [0, 0.05) is 16.7 Å². The number of hydrogen-bond acceptors (Lipinski definition) is 2.